The fourth-order valence-corrected chi connectivity index (χ4v) is 5.86. The van der Waals surface area contributed by atoms with E-state index >= 15 is 0 Å². The molecule has 2 unspecified atom stereocenters. The van der Waals surface area contributed by atoms with Crippen LogP contribution in [0.25, 0.3) is 0 Å². The molecule has 2 aliphatic rings. The van der Waals surface area contributed by atoms with Crippen molar-refractivity contribution in [3.8, 4) is 35.5 Å². The first-order valence-electron chi connectivity index (χ1n) is 15.4. The lowest BCUT2D eigenvalue weighted by molar-refractivity contribution is 0.290. The molecule has 0 aliphatic heterocycles. The molecule has 0 N–H and O–H groups in total. The number of hydrogen-bond donors (Lipinski definition) is 0. The minimum absolute atomic E-state index is 0.265. The summed E-state index contributed by atoms with van der Waals surface area (Å²) in [6.45, 7) is 22.6. The van der Waals surface area contributed by atoms with E-state index in [1.165, 1.54) is 60.8 Å². The largest absolute Gasteiger partial charge is 0.0989 e. The van der Waals surface area contributed by atoms with E-state index in [0.29, 0.717) is 11.3 Å². The normalized spacial score (nSPS) is 23.1. The summed E-state index contributed by atoms with van der Waals surface area (Å²) in [7, 11) is 0. The number of rotatable bonds is 5. The maximum Gasteiger partial charge on any atom is 0.0299 e. The van der Waals surface area contributed by atoms with Crippen LogP contribution in [0.4, 0.5) is 0 Å². The Bertz CT molecular complexity index is 1260. The third kappa shape index (κ3) is 11.3. The third-order valence-electron chi connectivity index (χ3n) is 8.44. The molecule has 0 saturated heterocycles. The van der Waals surface area contributed by atoms with Crippen LogP contribution >= 0.6 is 0 Å². The van der Waals surface area contributed by atoms with Crippen molar-refractivity contribution >= 4 is 0 Å². The van der Waals surface area contributed by atoms with E-state index in [1.54, 1.807) is 5.57 Å². The van der Waals surface area contributed by atoms with Gasteiger partial charge in [0.15, 0.2) is 0 Å². The van der Waals surface area contributed by atoms with Gasteiger partial charge < -0.3 is 0 Å². The second kappa shape index (κ2) is 15.8. The van der Waals surface area contributed by atoms with Gasteiger partial charge in [0.25, 0.3) is 0 Å². The van der Waals surface area contributed by atoms with Crippen LogP contribution in [0.15, 0.2) is 69.9 Å². The van der Waals surface area contributed by atoms with E-state index in [1.807, 2.05) is 19.1 Å². The van der Waals surface area contributed by atoms with Gasteiger partial charge in [-0.25, -0.2) is 0 Å². The van der Waals surface area contributed by atoms with Crippen LogP contribution in [0.1, 0.15) is 121 Å². The van der Waals surface area contributed by atoms with Crippen LogP contribution in [-0.2, 0) is 0 Å². The van der Waals surface area contributed by atoms with Gasteiger partial charge in [-0.05, 0) is 99.8 Å². The maximum atomic E-state index is 3.37. The highest BCUT2D eigenvalue weighted by molar-refractivity contribution is 5.40. The molecule has 0 heterocycles. The number of hydrogen-bond acceptors (Lipinski definition) is 0. The van der Waals surface area contributed by atoms with E-state index in [0.717, 1.165) is 18.4 Å². The van der Waals surface area contributed by atoms with Crippen LogP contribution in [-0.4, -0.2) is 0 Å². The quantitative estimate of drug-likeness (QED) is 0.243. The van der Waals surface area contributed by atoms with Crippen LogP contribution < -0.4 is 0 Å². The fraction of sp³-hybridized carbons (Fsp3) is 0.550. The van der Waals surface area contributed by atoms with Crippen LogP contribution in [0.3, 0.4) is 0 Å². The molecule has 0 radical (unpaired) electrons. The molecule has 1 saturated carbocycles. The van der Waals surface area contributed by atoms with E-state index in [9.17, 15) is 0 Å². The average Bonchev–Trinajstić information content (AvgIpc) is 2.85. The van der Waals surface area contributed by atoms with Gasteiger partial charge in [0.05, 0.1) is 0 Å². The predicted molar refractivity (Wildman–Crippen MR) is 177 cm³/mol. The summed E-state index contributed by atoms with van der Waals surface area (Å²) < 4.78 is 0. The summed E-state index contributed by atoms with van der Waals surface area (Å²) >= 11 is 0. The van der Waals surface area contributed by atoms with Gasteiger partial charge in [0.2, 0.25) is 0 Å². The van der Waals surface area contributed by atoms with Crippen molar-refractivity contribution in [2.75, 3.05) is 0 Å². The zero-order valence-corrected chi connectivity index (χ0v) is 27.3. The number of allylic oxidation sites excluding steroid dienone is 12. The van der Waals surface area contributed by atoms with Gasteiger partial charge in [-0.1, -0.05) is 125 Å². The molecule has 0 spiro atoms. The van der Waals surface area contributed by atoms with Crippen LogP contribution in [0.2, 0.25) is 0 Å². The summed E-state index contributed by atoms with van der Waals surface area (Å²) in [5, 5.41) is 0. The molecule has 0 bridgehead atoms. The van der Waals surface area contributed by atoms with Gasteiger partial charge in [-0.3, -0.25) is 0 Å². The Hall–Kier alpha value is -2.88. The summed E-state index contributed by atoms with van der Waals surface area (Å²) in [4.78, 5) is 0. The molecule has 0 nitrogen and oxygen atoms in total. The standard InChI is InChI=1S/C40H54/c1-31(19-13-21-33(3)25-27-37-35(5)23-15-29-39(37,7)8)17-11-12-18-32(2)20-14-22-34(4)26-28-38-36(6)24-16-30-40(38,9)10/h17,21,25-28,32,36H,15-16,18,22-24,29-30H2,1-10H3/b27-25+,31-17+,33-21+,34-26+,38-28+. The molecule has 2 rings (SSSR count). The Labute approximate surface area is 248 Å². The molecule has 214 valence electrons. The van der Waals surface area contributed by atoms with E-state index in [-0.39, 0.29) is 11.3 Å². The molecule has 0 aromatic carbocycles. The lowest BCUT2D eigenvalue weighted by Gasteiger charge is -2.37. The molecule has 0 heteroatoms. The van der Waals surface area contributed by atoms with Gasteiger partial charge in [-0.2, -0.15) is 0 Å². The highest BCUT2D eigenvalue weighted by atomic mass is 14.4. The predicted octanol–water partition coefficient (Wildman–Crippen LogP) is 11.1. The Morgan fingerprint density at radius 3 is 2.40 bits per heavy atom. The van der Waals surface area contributed by atoms with Gasteiger partial charge in [0.1, 0.15) is 0 Å². The van der Waals surface area contributed by atoms with Crippen molar-refractivity contribution < 1.29 is 0 Å². The minimum atomic E-state index is 0.265. The van der Waals surface area contributed by atoms with E-state index < -0.39 is 0 Å². The van der Waals surface area contributed by atoms with E-state index in [4.69, 9.17) is 0 Å². The van der Waals surface area contributed by atoms with Crippen molar-refractivity contribution in [2.24, 2.45) is 22.7 Å². The van der Waals surface area contributed by atoms with Crippen molar-refractivity contribution in [1.29, 1.82) is 0 Å². The van der Waals surface area contributed by atoms with Crippen LogP contribution in [0, 0.1) is 58.2 Å². The average molecular weight is 535 g/mol. The molecule has 0 aromatic heterocycles. The Morgan fingerprint density at radius 1 is 0.975 bits per heavy atom. The third-order valence-corrected chi connectivity index (χ3v) is 8.44. The molecule has 0 amide bonds. The smallest absolute Gasteiger partial charge is 0.0299 e. The lowest BCUT2D eigenvalue weighted by Crippen LogP contribution is -2.24. The first-order chi connectivity index (χ1) is 18.8. The Balaban J connectivity index is 1.85. The minimum Gasteiger partial charge on any atom is -0.0989 e. The Morgan fingerprint density at radius 2 is 1.70 bits per heavy atom. The molecular formula is C40H54. The zero-order valence-electron chi connectivity index (χ0n) is 27.3. The van der Waals surface area contributed by atoms with Crippen LogP contribution in [0.5, 0.6) is 0 Å². The molecule has 2 aliphatic carbocycles. The van der Waals surface area contributed by atoms with Crippen molar-refractivity contribution in [3.05, 3.63) is 69.9 Å². The SMILES string of the molecule is CC1=C(/C=C/C(C)=C/C#C/C(C)=C/C#CCC(C)C#CC/C(C)=C/C=C2\C(C)CCCC2(C)C)C(C)(C)CCC1. The summed E-state index contributed by atoms with van der Waals surface area (Å²) in [6, 6.07) is 0. The Kier molecular flexibility index (Phi) is 13.2. The van der Waals surface area contributed by atoms with Crippen molar-refractivity contribution in [3.63, 3.8) is 0 Å². The lowest BCUT2D eigenvalue weighted by atomic mass is 9.68. The molecule has 2 atom stereocenters. The van der Waals surface area contributed by atoms with Gasteiger partial charge >= 0.3 is 0 Å². The van der Waals surface area contributed by atoms with E-state index in [2.05, 4.69) is 122 Å². The monoisotopic (exact) mass is 534 g/mol. The summed E-state index contributed by atoms with van der Waals surface area (Å²) in [5.41, 5.74) is 8.68. The van der Waals surface area contributed by atoms with Gasteiger partial charge in [0, 0.05) is 24.3 Å². The fourth-order valence-electron chi connectivity index (χ4n) is 5.86. The molecule has 1 fully saturated rings. The topological polar surface area (TPSA) is 0 Å². The molecular weight excluding hydrogens is 480 g/mol. The van der Waals surface area contributed by atoms with Crippen molar-refractivity contribution in [1.82, 2.24) is 0 Å². The summed E-state index contributed by atoms with van der Waals surface area (Å²) in [6.07, 6.45) is 22.4. The maximum absolute atomic E-state index is 3.37. The zero-order chi connectivity index (χ0) is 29.8. The van der Waals surface area contributed by atoms with Gasteiger partial charge in [-0.15, -0.1) is 0 Å². The summed E-state index contributed by atoms with van der Waals surface area (Å²) in [5.74, 6) is 20.5. The second-order valence-electron chi connectivity index (χ2n) is 13.5. The highest BCUT2D eigenvalue weighted by Crippen LogP contribution is 2.43. The van der Waals surface area contributed by atoms with Crippen molar-refractivity contribution in [2.45, 2.75) is 121 Å². The molecule has 40 heavy (non-hydrogen) atoms. The highest BCUT2D eigenvalue weighted by Gasteiger charge is 2.30. The second-order valence-corrected chi connectivity index (χ2v) is 13.5. The first-order valence-corrected chi connectivity index (χ1v) is 15.4. The first kappa shape index (κ1) is 33.3. The molecule has 0 aromatic rings.